The molecule has 1 spiro atoms. The largest absolute Gasteiger partial charge is 0.466 e. The Hall–Kier alpha value is -1.36. The van der Waals surface area contributed by atoms with Crippen LogP contribution in [0, 0.1) is 11.8 Å². The number of esters is 1. The highest BCUT2D eigenvalue weighted by atomic mass is 16.6. The lowest BCUT2D eigenvalue weighted by molar-refractivity contribution is -0.153. The quantitative estimate of drug-likeness (QED) is 0.559. The van der Waals surface area contributed by atoms with Gasteiger partial charge in [-0.1, -0.05) is 25.5 Å². The first-order valence-corrected chi connectivity index (χ1v) is 7.45. The number of carbonyl (C=O) groups is 2. The Morgan fingerprint density at radius 1 is 1.55 bits per heavy atom. The van der Waals surface area contributed by atoms with Crippen molar-refractivity contribution in [2.45, 2.75) is 38.4 Å². The van der Waals surface area contributed by atoms with Gasteiger partial charge in [-0.15, -0.1) is 0 Å². The van der Waals surface area contributed by atoms with Gasteiger partial charge in [0.2, 0.25) is 5.91 Å². The van der Waals surface area contributed by atoms with Crippen LogP contribution in [0.1, 0.15) is 26.7 Å². The Morgan fingerprint density at radius 3 is 3.05 bits per heavy atom. The number of fused-ring (bicyclic) bond motifs is 1. The Labute approximate surface area is 118 Å². The fourth-order valence-electron chi connectivity index (χ4n) is 3.62. The number of amides is 1. The molecule has 0 unspecified atom stereocenters. The number of rotatable bonds is 5. The number of nitrogens with zero attached hydrogens (tertiary/aromatic N) is 1. The van der Waals surface area contributed by atoms with Gasteiger partial charge in [-0.25, -0.2) is 0 Å². The van der Waals surface area contributed by atoms with E-state index >= 15 is 0 Å². The minimum atomic E-state index is -0.590. The molecular weight excluding hydrogens is 258 g/mol. The van der Waals surface area contributed by atoms with E-state index in [0.29, 0.717) is 13.2 Å². The molecule has 3 aliphatic heterocycles. The third-order valence-corrected chi connectivity index (χ3v) is 4.52. The molecule has 0 radical (unpaired) electrons. The van der Waals surface area contributed by atoms with Gasteiger partial charge in [0.25, 0.3) is 0 Å². The maximum Gasteiger partial charge on any atom is 0.312 e. The molecule has 110 valence electrons. The van der Waals surface area contributed by atoms with Crippen molar-refractivity contribution in [3.05, 3.63) is 12.2 Å². The minimum absolute atomic E-state index is 0.0448. The minimum Gasteiger partial charge on any atom is -0.466 e. The number of likely N-dealkylation sites (tertiary alicyclic amines) is 1. The molecule has 0 aromatic carbocycles. The number of carbonyl (C=O) groups excluding carboxylic acids is 2. The first-order chi connectivity index (χ1) is 9.63. The van der Waals surface area contributed by atoms with Gasteiger partial charge in [0.05, 0.1) is 25.2 Å². The van der Waals surface area contributed by atoms with E-state index in [1.54, 1.807) is 6.92 Å². The van der Waals surface area contributed by atoms with Crippen LogP contribution in [0.15, 0.2) is 12.2 Å². The molecular formula is C15H21NO4. The summed E-state index contributed by atoms with van der Waals surface area (Å²) < 4.78 is 11.1. The predicted octanol–water partition coefficient (Wildman–Crippen LogP) is 1.13. The molecule has 0 aliphatic carbocycles. The fourth-order valence-corrected chi connectivity index (χ4v) is 3.62. The monoisotopic (exact) mass is 279 g/mol. The molecule has 5 heteroatoms. The van der Waals surface area contributed by atoms with Crippen molar-refractivity contribution < 1.29 is 19.1 Å². The van der Waals surface area contributed by atoms with Crippen LogP contribution in [0.25, 0.3) is 0 Å². The Morgan fingerprint density at radius 2 is 2.35 bits per heavy atom. The molecule has 0 saturated carbocycles. The molecule has 0 aromatic rings. The van der Waals surface area contributed by atoms with Crippen LogP contribution >= 0.6 is 0 Å². The van der Waals surface area contributed by atoms with Gasteiger partial charge in [-0.3, -0.25) is 9.59 Å². The summed E-state index contributed by atoms with van der Waals surface area (Å²) in [5, 5.41) is 0. The molecule has 2 saturated heterocycles. The summed E-state index contributed by atoms with van der Waals surface area (Å²) in [6.07, 6.45) is 5.61. The van der Waals surface area contributed by atoms with Crippen LogP contribution in [0.5, 0.6) is 0 Å². The standard InChI is InChI=1S/C15H21NO4/c1-3-5-8-16-9-15-7-6-10(20-15)11(12(15)13(16)17)14(18)19-4-2/h6-7,10-12H,3-5,8-9H2,1-2H3/t10-,11+,12+,15-/m0/s1. The van der Waals surface area contributed by atoms with E-state index in [0.717, 1.165) is 19.4 Å². The lowest BCUT2D eigenvalue weighted by atomic mass is 9.77. The van der Waals surface area contributed by atoms with Crippen LogP contribution in [0.2, 0.25) is 0 Å². The van der Waals surface area contributed by atoms with Crippen molar-refractivity contribution >= 4 is 11.9 Å². The van der Waals surface area contributed by atoms with E-state index < -0.39 is 17.4 Å². The molecule has 2 bridgehead atoms. The van der Waals surface area contributed by atoms with E-state index in [1.807, 2.05) is 17.1 Å². The van der Waals surface area contributed by atoms with Crippen molar-refractivity contribution in [1.82, 2.24) is 4.90 Å². The summed E-state index contributed by atoms with van der Waals surface area (Å²) in [7, 11) is 0. The molecule has 0 aromatic heterocycles. The molecule has 0 N–H and O–H groups in total. The topological polar surface area (TPSA) is 55.8 Å². The van der Waals surface area contributed by atoms with E-state index in [-0.39, 0.29) is 18.0 Å². The Kier molecular flexibility index (Phi) is 3.32. The van der Waals surface area contributed by atoms with Crippen molar-refractivity contribution in [2.24, 2.45) is 11.8 Å². The zero-order valence-corrected chi connectivity index (χ0v) is 12.0. The highest BCUT2D eigenvalue weighted by molar-refractivity contribution is 5.91. The van der Waals surface area contributed by atoms with Gasteiger partial charge in [0.15, 0.2) is 0 Å². The molecule has 3 rings (SSSR count). The predicted molar refractivity (Wildman–Crippen MR) is 71.8 cm³/mol. The second-order valence-electron chi connectivity index (χ2n) is 5.77. The van der Waals surface area contributed by atoms with Gasteiger partial charge >= 0.3 is 5.97 Å². The zero-order valence-electron chi connectivity index (χ0n) is 12.0. The lowest BCUT2D eigenvalue weighted by Gasteiger charge is -2.22. The van der Waals surface area contributed by atoms with Gasteiger partial charge in [0.1, 0.15) is 11.5 Å². The van der Waals surface area contributed by atoms with Crippen LogP contribution < -0.4 is 0 Å². The van der Waals surface area contributed by atoms with Crippen molar-refractivity contribution in [3.63, 3.8) is 0 Å². The molecule has 20 heavy (non-hydrogen) atoms. The van der Waals surface area contributed by atoms with E-state index in [2.05, 4.69) is 6.92 Å². The molecule has 3 heterocycles. The highest BCUT2D eigenvalue weighted by Crippen LogP contribution is 2.52. The first-order valence-electron chi connectivity index (χ1n) is 7.45. The van der Waals surface area contributed by atoms with Gasteiger partial charge < -0.3 is 14.4 Å². The maximum absolute atomic E-state index is 12.6. The summed E-state index contributed by atoms with van der Waals surface area (Å²) in [5.74, 6) is -1.13. The third-order valence-electron chi connectivity index (χ3n) is 4.52. The molecule has 1 amide bonds. The number of ether oxygens (including phenoxy) is 2. The van der Waals surface area contributed by atoms with Crippen LogP contribution in [0.3, 0.4) is 0 Å². The van der Waals surface area contributed by atoms with Crippen molar-refractivity contribution in [2.75, 3.05) is 19.7 Å². The second-order valence-corrected chi connectivity index (χ2v) is 5.77. The number of hydrogen-bond donors (Lipinski definition) is 0. The smallest absolute Gasteiger partial charge is 0.312 e. The highest BCUT2D eigenvalue weighted by Gasteiger charge is 2.67. The molecule has 4 atom stereocenters. The van der Waals surface area contributed by atoms with Crippen LogP contribution in [-0.4, -0.2) is 48.2 Å². The van der Waals surface area contributed by atoms with Crippen molar-refractivity contribution in [3.8, 4) is 0 Å². The van der Waals surface area contributed by atoms with E-state index in [9.17, 15) is 9.59 Å². The van der Waals surface area contributed by atoms with E-state index in [1.165, 1.54) is 0 Å². The third kappa shape index (κ3) is 1.79. The number of hydrogen-bond acceptors (Lipinski definition) is 4. The van der Waals surface area contributed by atoms with Crippen LogP contribution in [0.4, 0.5) is 0 Å². The van der Waals surface area contributed by atoms with Gasteiger partial charge in [-0.05, 0) is 13.3 Å². The summed E-state index contributed by atoms with van der Waals surface area (Å²) >= 11 is 0. The fraction of sp³-hybridized carbons (Fsp3) is 0.733. The average molecular weight is 279 g/mol. The molecule has 2 fully saturated rings. The number of unbranched alkanes of at least 4 members (excludes halogenated alkanes) is 1. The summed E-state index contributed by atoms with van der Waals surface area (Å²) in [6, 6.07) is 0. The normalized spacial score (nSPS) is 37.6. The summed E-state index contributed by atoms with van der Waals surface area (Å²) in [5.41, 5.74) is -0.590. The maximum atomic E-state index is 12.6. The molecule has 3 aliphatic rings. The average Bonchev–Trinajstić information content (AvgIpc) is 3.05. The molecule has 5 nitrogen and oxygen atoms in total. The van der Waals surface area contributed by atoms with Gasteiger partial charge in [-0.2, -0.15) is 0 Å². The Bertz CT molecular complexity index is 461. The summed E-state index contributed by atoms with van der Waals surface area (Å²) in [6.45, 7) is 5.52. The first kappa shape index (κ1) is 13.6. The second kappa shape index (κ2) is 4.88. The summed E-state index contributed by atoms with van der Waals surface area (Å²) in [4.78, 5) is 26.6. The SMILES string of the molecule is CCCCN1C[C@]23C=C[C@H](O2)[C@@H](C(=O)OCC)[C@@H]3C1=O. The van der Waals surface area contributed by atoms with Crippen molar-refractivity contribution in [1.29, 1.82) is 0 Å². The lowest BCUT2D eigenvalue weighted by Crippen LogP contribution is -2.40. The zero-order chi connectivity index (χ0) is 14.3. The van der Waals surface area contributed by atoms with E-state index in [4.69, 9.17) is 9.47 Å². The van der Waals surface area contributed by atoms with Gasteiger partial charge in [0, 0.05) is 6.54 Å². The Balaban J connectivity index is 1.83. The van der Waals surface area contributed by atoms with Crippen LogP contribution in [-0.2, 0) is 19.1 Å².